The average Bonchev–Trinajstić information content (AvgIpc) is 2.32. The topological polar surface area (TPSA) is 15.3 Å². The van der Waals surface area contributed by atoms with Gasteiger partial charge in [0.05, 0.1) is 0 Å². The highest BCUT2D eigenvalue weighted by molar-refractivity contribution is 7.80. The predicted octanol–water partition coefficient (Wildman–Crippen LogP) is 3.57. The number of benzene rings is 1. The minimum atomic E-state index is 0.563. The third-order valence-electron chi connectivity index (χ3n) is 3.45. The van der Waals surface area contributed by atoms with Gasteiger partial charge in [-0.3, -0.25) is 0 Å². The zero-order chi connectivity index (χ0) is 12.3. The van der Waals surface area contributed by atoms with Gasteiger partial charge >= 0.3 is 0 Å². The Kier molecular flexibility index (Phi) is 4.00. The molecule has 0 radical (unpaired) electrons. The standard InChI is InChI=1S/C14H20N2S/c1-11-7-3-4-9-13(11)15-14(17)16-10-6-5-8-12(16)2/h3-4,7,9,12H,5-6,8,10H2,1-2H3,(H,15,17)/t12-/m1/s1. The zero-order valence-corrected chi connectivity index (χ0v) is 11.4. The lowest BCUT2D eigenvalue weighted by molar-refractivity contribution is 0.262. The van der Waals surface area contributed by atoms with Gasteiger partial charge in [-0.2, -0.15) is 0 Å². The highest BCUT2D eigenvalue weighted by atomic mass is 32.1. The maximum Gasteiger partial charge on any atom is 0.173 e. The number of likely N-dealkylation sites (tertiary alicyclic amines) is 1. The van der Waals surface area contributed by atoms with E-state index in [1.807, 2.05) is 12.1 Å². The van der Waals surface area contributed by atoms with E-state index < -0.39 is 0 Å². The minimum Gasteiger partial charge on any atom is -0.346 e. The smallest absolute Gasteiger partial charge is 0.173 e. The van der Waals surface area contributed by atoms with Crippen molar-refractivity contribution in [3.8, 4) is 0 Å². The third kappa shape index (κ3) is 2.97. The van der Waals surface area contributed by atoms with E-state index >= 15 is 0 Å². The summed E-state index contributed by atoms with van der Waals surface area (Å²) in [5.74, 6) is 0. The molecule has 1 aliphatic rings. The Morgan fingerprint density at radius 2 is 2.12 bits per heavy atom. The first kappa shape index (κ1) is 12.4. The SMILES string of the molecule is Cc1ccccc1NC(=S)N1CCCC[C@H]1C. The molecule has 1 heterocycles. The number of para-hydroxylation sites is 1. The molecule has 1 aromatic carbocycles. The van der Waals surface area contributed by atoms with E-state index in [0.29, 0.717) is 6.04 Å². The van der Waals surface area contributed by atoms with Gasteiger partial charge in [-0.25, -0.2) is 0 Å². The van der Waals surface area contributed by atoms with Crippen LogP contribution in [0.2, 0.25) is 0 Å². The van der Waals surface area contributed by atoms with Gasteiger partial charge in [0.1, 0.15) is 0 Å². The Labute approximate surface area is 109 Å². The molecule has 0 aromatic heterocycles. The minimum absolute atomic E-state index is 0.563. The van der Waals surface area contributed by atoms with Crippen LogP contribution < -0.4 is 5.32 Å². The fourth-order valence-electron chi connectivity index (χ4n) is 2.30. The van der Waals surface area contributed by atoms with Crippen LogP contribution in [0, 0.1) is 6.92 Å². The Hall–Kier alpha value is -1.09. The Balaban J connectivity index is 2.03. The highest BCUT2D eigenvalue weighted by Gasteiger charge is 2.20. The monoisotopic (exact) mass is 248 g/mol. The number of nitrogens with one attached hydrogen (secondary N) is 1. The van der Waals surface area contributed by atoms with E-state index in [-0.39, 0.29) is 0 Å². The second kappa shape index (κ2) is 5.50. The first-order valence-corrected chi connectivity index (χ1v) is 6.72. The number of anilines is 1. The lowest BCUT2D eigenvalue weighted by Gasteiger charge is -2.35. The van der Waals surface area contributed by atoms with Gasteiger partial charge in [-0.15, -0.1) is 0 Å². The van der Waals surface area contributed by atoms with Crippen molar-refractivity contribution in [3.63, 3.8) is 0 Å². The molecule has 1 fully saturated rings. The molecule has 92 valence electrons. The van der Waals surface area contributed by atoms with Gasteiger partial charge in [-0.05, 0) is 57.0 Å². The number of rotatable bonds is 1. The van der Waals surface area contributed by atoms with Crippen LogP contribution in [-0.4, -0.2) is 22.6 Å². The summed E-state index contributed by atoms with van der Waals surface area (Å²) in [4.78, 5) is 2.31. The Bertz CT molecular complexity index is 403. The maximum atomic E-state index is 5.51. The van der Waals surface area contributed by atoms with E-state index in [4.69, 9.17) is 12.2 Å². The molecule has 17 heavy (non-hydrogen) atoms. The number of hydrogen-bond acceptors (Lipinski definition) is 1. The summed E-state index contributed by atoms with van der Waals surface area (Å²) >= 11 is 5.51. The fourth-order valence-corrected chi connectivity index (χ4v) is 2.68. The second-order valence-electron chi connectivity index (χ2n) is 4.78. The van der Waals surface area contributed by atoms with E-state index in [0.717, 1.165) is 17.3 Å². The van der Waals surface area contributed by atoms with Crippen LogP contribution >= 0.6 is 12.2 Å². The van der Waals surface area contributed by atoms with E-state index in [1.54, 1.807) is 0 Å². The summed E-state index contributed by atoms with van der Waals surface area (Å²) in [6.07, 6.45) is 3.82. The second-order valence-corrected chi connectivity index (χ2v) is 5.17. The first-order chi connectivity index (χ1) is 8.18. The van der Waals surface area contributed by atoms with Gasteiger partial charge in [-0.1, -0.05) is 18.2 Å². The summed E-state index contributed by atoms with van der Waals surface area (Å²) in [7, 11) is 0. The maximum absolute atomic E-state index is 5.51. The molecule has 0 spiro atoms. The summed E-state index contributed by atoms with van der Waals surface area (Å²) < 4.78 is 0. The van der Waals surface area contributed by atoms with Crippen molar-refractivity contribution in [1.82, 2.24) is 4.90 Å². The van der Waals surface area contributed by atoms with Crippen molar-refractivity contribution >= 4 is 23.0 Å². The van der Waals surface area contributed by atoms with E-state index in [2.05, 4.69) is 36.2 Å². The van der Waals surface area contributed by atoms with Gasteiger partial charge in [0.2, 0.25) is 0 Å². The van der Waals surface area contributed by atoms with Crippen molar-refractivity contribution in [2.75, 3.05) is 11.9 Å². The third-order valence-corrected chi connectivity index (χ3v) is 3.79. The summed E-state index contributed by atoms with van der Waals surface area (Å²) in [6.45, 7) is 5.44. The molecule has 0 unspecified atom stereocenters. The van der Waals surface area contributed by atoms with Crippen LogP contribution in [0.3, 0.4) is 0 Å². The molecule has 1 aliphatic heterocycles. The number of aryl methyl sites for hydroxylation is 1. The largest absolute Gasteiger partial charge is 0.346 e. The Morgan fingerprint density at radius 1 is 1.35 bits per heavy atom. The molecular weight excluding hydrogens is 228 g/mol. The number of thiocarbonyl (C=S) groups is 1. The van der Waals surface area contributed by atoms with Crippen LogP contribution in [0.1, 0.15) is 31.7 Å². The molecule has 0 aliphatic carbocycles. The van der Waals surface area contributed by atoms with Gasteiger partial charge in [0.15, 0.2) is 5.11 Å². The highest BCUT2D eigenvalue weighted by Crippen LogP contribution is 2.19. The molecule has 1 N–H and O–H groups in total. The van der Waals surface area contributed by atoms with Crippen molar-refractivity contribution in [2.24, 2.45) is 0 Å². The Morgan fingerprint density at radius 3 is 2.82 bits per heavy atom. The first-order valence-electron chi connectivity index (χ1n) is 6.32. The molecule has 1 atom stereocenters. The number of piperidine rings is 1. The van der Waals surface area contributed by atoms with Crippen LogP contribution in [-0.2, 0) is 0 Å². The molecule has 2 nitrogen and oxygen atoms in total. The summed E-state index contributed by atoms with van der Waals surface area (Å²) in [6, 6.07) is 8.83. The van der Waals surface area contributed by atoms with Gasteiger partial charge in [0, 0.05) is 18.3 Å². The predicted molar refractivity (Wildman–Crippen MR) is 77.4 cm³/mol. The molecule has 3 heteroatoms. The molecule has 0 bridgehead atoms. The van der Waals surface area contributed by atoms with Crippen molar-refractivity contribution in [1.29, 1.82) is 0 Å². The molecule has 0 saturated carbocycles. The molecular formula is C14H20N2S. The van der Waals surface area contributed by atoms with Crippen LogP contribution in [0.5, 0.6) is 0 Å². The molecule has 1 saturated heterocycles. The van der Waals surface area contributed by atoms with Crippen LogP contribution in [0.25, 0.3) is 0 Å². The normalized spacial score (nSPS) is 20.1. The van der Waals surface area contributed by atoms with Crippen LogP contribution in [0.15, 0.2) is 24.3 Å². The van der Waals surface area contributed by atoms with Gasteiger partial charge < -0.3 is 10.2 Å². The van der Waals surface area contributed by atoms with Crippen LogP contribution in [0.4, 0.5) is 5.69 Å². The lowest BCUT2D eigenvalue weighted by Crippen LogP contribution is -2.44. The van der Waals surface area contributed by atoms with Gasteiger partial charge in [0.25, 0.3) is 0 Å². The van der Waals surface area contributed by atoms with Crippen molar-refractivity contribution in [2.45, 2.75) is 39.2 Å². The molecule has 2 rings (SSSR count). The lowest BCUT2D eigenvalue weighted by atomic mass is 10.0. The van der Waals surface area contributed by atoms with Crippen molar-refractivity contribution in [3.05, 3.63) is 29.8 Å². The quantitative estimate of drug-likeness (QED) is 0.765. The fraction of sp³-hybridized carbons (Fsp3) is 0.500. The summed E-state index contributed by atoms with van der Waals surface area (Å²) in [5, 5.41) is 4.23. The molecule has 1 aromatic rings. The van der Waals surface area contributed by atoms with Crippen molar-refractivity contribution < 1.29 is 0 Å². The average molecular weight is 248 g/mol. The summed E-state index contributed by atoms with van der Waals surface area (Å²) in [5.41, 5.74) is 2.36. The van der Waals surface area contributed by atoms with E-state index in [1.165, 1.54) is 24.8 Å². The number of nitrogens with zero attached hydrogens (tertiary/aromatic N) is 1. The zero-order valence-electron chi connectivity index (χ0n) is 10.6. The number of hydrogen-bond donors (Lipinski definition) is 1. The molecule has 0 amide bonds. The van der Waals surface area contributed by atoms with E-state index in [9.17, 15) is 0 Å².